The number of hydrogen-bond acceptors (Lipinski definition) is 4. The Kier molecular flexibility index (Phi) is 5.93. The first-order chi connectivity index (χ1) is 11.7. The van der Waals surface area contributed by atoms with E-state index >= 15 is 0 Å². The summed E-state index contributed by atoms with van der Waals surface area (Å²) in [6.45, 7) is 2.11. The van der Waals surface area contributed by atoms with Crippen molar-refractivity contribution in [1.29, 1.82) is 5.26 Å². The van der Waals surface area contributed by atoms with Crippen LogP contribution in [0.2, 0.25) is 0 Å². The van der Waals surface area contributed by atoms with Crippen LogP contribution >= 0.6 is 12.4 Å². The van der Waals surface area contributed by atoms with Crippen LogP contribution in [-0.4, -0.2) is 15.3 Å². The maximum atomic E-state index is 11.7. The molecule has 126 valence electrons. The van der Waals surface area contributed by atoms with Gasteiger partial charge in [0.25, 0.3) is 0 Å². The lowest BCUT2D eigenvalue weighted by Gasteiger charge is -2.12. The van der Waals surface area contributed by atoms with E-state index in [1.54, 1.807) is 42.9 Å². The molecule has 0 unspecified atom stereocenters. The summed E-state index contributed by atoms with van der Waals surface area (Å²) < 4.78 is 7.81. The summed E-state index contributed by atoms with van der Waals surface area (Å²) in [6.07, 6.45) is 5.30. The molecule has 6 heteroatoms. The zero-order valence-electron chi connectivity index (χ0n) is 13.5. The van der Waals surface area contributed by atoms with Gasteiger partial charge in [0.1, 0.15) is 17.6 Å². The number of carbonyl (C=O) groups excluding carboxylic acids is 1. The van der Waals surface area contributed by atoms with E-state index in [0.717, 1.165) is 5.56 Å². The van der Waals surface area contributed by atoms with Crippen LogP contribution in [0.1, 0.15) is 28.4 Å². The molecule has 0 spiro atoms. The Morgan fingerprint density at radius 3 is 2.72 bits per heavy atom. The van der Waals surface area contributed by atoms with Gasteiger partial charge in [-0.15, -0.1) is 12.4 Å². The Morgan fingerprint density at radius 1 is 1.24 bits per heavy atom. The molecule has 3 rings (SSSR count). The van der Waals surface area contributed by atoms with Gasteiger partial charge in [0.15, 0.2) is 5.78 Å². The summed E-state index contributed by atoms with van der Waals surface area (Å²) in [4.78, 5) is 15.7. The summed E-state index contributed by atoms with van der Waals surface area (Å²) in [6, 6.07) is 14.5. The van der Waals surface area contributed by atoms with Gasteiger partial charge in [-0.1, -0.05) is 18.2 Å². The molecule has 0 saturated carbocycles. The Labute approximate surface area is 151 Å². The second-order valence-electron chi connectivity index (χ2n) is 5.33. The van der Waals surface area contributed by atoms with Crippen LogP contribution in [0.5, 0.6) is 11.5 Å². The van der Waals surface area contributed by atoms with Crippen molar-refractivity contribution < 1.29 is 9.53 Å². The zero-order chi connectivity index (χ0) is 16.9. The number of imidazole rings is 1. The molecule has 25 heavy (non-hydrogen) atoms. The monoisotopic (exact) mass is 353 g/mol. The Morgan fingerprint density at radius 2 is 2.04 bits per heavy atom. The third-order valence-corrected chi connectivity index (χ3v) is 3.58. The molecule has 0 bridgehead atoms. The molecule has 2 aromatic carbocycles. The molecule has 0 aliphatic carbocycles. The van der Waals surface area contributed by atoms with Gasteiger partial charge in [-0.05, 0) is 36.8 Å². The zero-order valence-corrected chi connectivity index (χ0v) is 14.4. The smallest absolute Gasteiger partial charge is 0.163 e. The number of benzene rings is 2. The number of ether oxygens (including phenoxy) is 1. The number of halogens is 1. The number of nitrogens with zero attached hydrogens (tertiary/aromatic N) is 3. The van der Waals surface area contributed by atoms with E-state index in [9.17, 15) is 10.1 Å². The summed E-state index contributed by atoms with van der Waals surface area (Å²) in [7, 11) is 0. The van der Waals surface area contributed by atoms with Crippen molar-refractivity contribution in [3.05, 3.63) is 77.9 Å². The van der Waals surface area contributed by atoms with E-state index in [0.29, 0.717) is 29.2 Å². The molecule has 0 saturated heterocycles. The highest BCUT2D eigenvalue weighted by molar-refractivity contribution is 5.96. The number of hydrogen-bond donors (Lipinski definition) is 0. The van der Waals surface area contributed by atoms with Crippen molar-refractivity contribution in [3.63, 3.8) is 0 Å². The van der Waals surface area contributed by atoms with Crippen molar-refractivity contribution in [1.82, 2.24) is 9.55 Å². The number of nitriles is 1. The van der Waals surface area contributed by atoms with Gasteiger partial charge >= 0.3 is 0 Å². The Balaban J connectivity index is 0.00000225. The number of rotatable bonds is 5. The van der Waals surface area contributed by atoms with Gasteiger partial charge in [-0.25, -0.2) is 4.98 Å². The van der Waals surface area contributed by atoms with E-state index in [4.69, 9.17) is 4.74 Å². The molecule has 1 aromatic heterocycles. The third-order valence-electron chi connectivity index (χ3n) is 3.58. The highest BCUT2D eigenvalue weighted by Crippen LogP contribution is 2.29. The summed E-state index contributed by atoms with van der Waals surface area (Å²) in [5.41, 5.74) is 1.88. The van der Waals surface area contributed by atoms with Gasteiger partial charge < -0.3 is 9.30 Å². The predicted octanol–water partition coefficient (Wildman–Crippen LogP) is 4.22. The number of carbonyl (C=O) groups is 1. The molecule has 0 atom stereocenters. The fraction of sp³-hybridized carbons (Fsp3) is 0.105. The van der Waals surface area contributed by atoms with E-state index in [-0.39, 0.29) is 18.2 Å². The number of aromatic nitrogens is 2. The molecule has 0 radical (unpaired) electrons. The first kappa shape index (κ1) is 18.2. The number of para-hydroxylation sites is 1. The second kappa shape index (κ2) is 8.13. The molecule has 1 heterocycles. The van der Waals surface area contributed by atoms with Crippen LogP contribution in [0.25, 0.3) is 0 Å². The fourth-order valence-corrected chi connectivity index (χ4v) is 2.40. The van der Waals surface area contributed by atoms with Gasteiger partial charge in [-0.2, -0.15) is 5.26 Å². The van der Waals surface area contributed by atoms with Crippen molar-refractivity contribution in [2.45, 2.75) is 13.5 Å². The molecule has 0 N–H and O–H groups in total. The van der Waals surface area contributed by atoms with Gasteiger partial charge in [-0.3, -0.25) is 4.79 Å². The number of Topliss-reactive ketones (excluding diaryl/α,β-unsaturated/α-hetero) is 1. The van der Waals surface area contributed by atoms with Crippen LogP contribution in [-0.2, 0) is 6.54 Å². The SMILES string of the molecule is CC(=O)c1ccccc1Oc1cc(Cn2ccnc2)ccc1C#N.Cl. The molecule has 0 amide bonds. The molecule has 0 aliphatic heterocycles. The average molecular weight is 354 g/mol. The second-order valence-corrected chi connectivity index (χ2v) is 5.33. The standard InChI is InChI=1S/C19H15N3O2.ClH/c1-14(23)17-4-2-3-5-18(17)24-19-10-15(6-7-16(19)11-20)12-22-9-8-21-13-22;/h2-10,13H,12H2,1H3;1H. The van der Waals surface area contributed by atoms with Crippen molar-refractivity contribution in [2.24, 2.45) is 0 Å². The highest BCUT2D eigenvalue weighted by Gasteiger charge is 2.12. The van der Waals surface area contributed by atoms with E-state index in [1.165, 1.54) is 6.92 Å². The van der Waals surface area contributed by atoms with Crippen molar-refractivity contribution in [3.8, 4) is 17.6 Å². The lowest BCUT2D eigenvalue weighted by molar-refractivity contribution is 0.101. The maximum Gasteiger partial charge on any atom is 0.163 e. The molecule has 0 fully saturated rings. The van der Waals surface area contributed by atoms with Gasteiger partial charge in [0.05, 0.1) is 17.5 Å². The van der Waals surface area contributed by atoms with E-state index in [1.807, 2.05) is 22.9 Å². The lowest BCUT2D eigenvalue weighted by Crippen LogP contribution is -2.00. The van der Waals surface area contributed by atoms with Crippen LogP contribution < -0.4 is 4.74 Å². The minimum absolute atomic E-state index is 0. The fourth-order valence-electron chi connectivity index (χ4n) is 2.40. The summed E-state index contributed by atoms with van der Waals surface area (Å²) in [5.74, 6) is 0.795. The van der Waals surface area contributed by atoms with Crippen LogP contribution in [0.15, 0.2) is 61.2 Å². The average Bonchev–Trinajstić information content (AvgIpc) is 3.08. The van der Waals surface area contributed by atoms with E-state index < -0.39 is 0 Å². The van der Waals surface area contributed by atoms with Gasteiger partial charge in [0, 0.05) is 18.9 Å². The minimum Gasteiger partial charge on any atom is -0.455 e. The lowest BCUT2D eigenvalue weighted by atomic mass is 10.1. The predicted molar refractivity (Wildman–Crippen MR) is 96.3 cm³/mol. The van der Waals surface area contributed by atoms with Gasteiger partial charge in [0.2, 0.25) is 0 Å². The Bertz CT molecular complexity index is 915. The number of ketones is 1. The summed E-state index contributed by atoms with van der Waals surface area (Å²) >= 11 is 0. The topological polar surface area (TPSA) is 67.9 Å². The van der Waals surface area contributed by atoms with Crippen LogP contribution in [0.3, 0.4) is 0 Å². The first-order valence-corrected chi connectivity index (χ1v) is 7.44. The summed E-state index contributed by atoms with van der Waals surface area (Å²) in [5, 5.41) is 9.31. The maximum absolute atomic E-state index is 11.7. The molecular formula is C19H16ClN3O2. The quantitative estimate of drug-likeness (QED) is 0.644. The third kappa shape index (κ3) is 4.25. The minimum atomic E-state index is -0.0846. The van der Waals surface area contributed by atoms with Crippen LogP contribution in [0.4, 0.5) is 0 Å². The molecule has 5 nitrogen and oxygen atoms in total. The highest BCUT2D eigenvalue weighted by atomic mass is 35.5. The van der Waals surface area contributed by atoms with Crippen LogP contribution in [0, 0.1) is 11.3 Å². The first-order valence-electron chi connectivity index (χ1n) is 7.44. The normalized spacial score (nSPS) is 9.76. The molecule has 3 aromatic rings. The largest absolute Gasteiger partial charge is 0.455 e. The van der Waals surface area contributed by atoms with Crippen molar-refractivity contribution >= 4 is 18.2 Å². The molecule has 0 aliphatic rings. The van der Waals surface area contributed by atoms with E-state index in [2.05, 4.69) is 11.1 Å². The van der Waals surface area contributed by atoms with Crippen molar-refractivity contribution in [2.75, 3.05) is 0 Å². The Hall–Kier alpha value is -3.10. The molecular weight excluding hydrogens is 338 g/mol.